The average Bonchev–Trinajstić information content (AvgIpc) is 2.69. The number of nitro benzene ring substituents is 1. The molecule has 0 heterocycles. The van der Waals surface area contributed by atoms with Gasteiger partial charge in [-0.3, -0.25) is 14.9 Å². The number of hydrogen-bond acceptors (Lipinski definition) is 4. The highest BCUT2D eigenvalue weighted by molar-refractivity contribution is 6.30. The quantitative estimate of drug-likeness (QED) is 0.499. The topological polar surface area (TPSA) is 92.5 Å². The molecule has 0 aliphatic heterocycles. The fourth-order valence-electron chi connectivity index (χ4n) is 2.64. The van der Waals surface area contributed by atoms with Crippen LogP contribution in [0.1, 0.15) is 27.6 Å². The van der Waals surface area contributed by atoms with Gasteiger partial charge in [0, 0.05) is 34.0 Å². The summed E-state index contributed by atoms with van der Waals surface area (Å²) in [5.74, 6) is -0.525. The summed E-state index contributed by atoms with van der Waals surface area (Å²) in [5, 5.41) is 24.7. The molecule has 0 fully saturated rings. The maximum Gasteiger partial charge on any atom is 0.270 e. The standard InChI is InChI=1S/C20H15ClN2O4/c21-15-9-10-18(17(12-15)19(24)13-5-2-1-3-6-13)22-20(25)14-7-4-8-16(11-14)23(26)27/h1-12,19,24H,(H,22,25)/t19-/m1/s1. The highest BCUT2D eigenvalue weighted by Gasteiger charge is 2.18. The molecule has 7 heteroatoms. The number of benzene rings is 3. The molecular formula is C20H15ClN2O4. The Labute approximate surface area is 160 Å². The normalized spacial score (nSPS) is 11.6. The first-order valence-electron chi connectivity index (χ1n) is 8.04. The monoisotopic (exact) mass is 382 g/mol. The van der Waals surface area contributed by atoms with Gasteiger partial charge in [0.1, 0.15) is 6.10 Å². The van der Waals surface area contributed by atoms with Crippen LogP contribution < -0.4 is 5.32 Å². The predicted molar refractivity (Wildman–Crippen MR) is 103 cm³/mol. The first-order chi connectivity index (χ1) is 13.0. The van der Waals surface area contributed by atoms with Crippen molar-refractivity contribution in [3.05, 3.63) is 105 Å². The molecule has 3 aromatic rings. The Morgan fingerprint density at radius 2 is 1.78 bits per heavy atom. The van der Waals surface area contributed by atoms with E-state index in [0.717, 1.165) is 0 Å². The number of rotatable bonds is 5. The average molecular weight is 383 g/mol. The zero-order valence-corrected chi connectivity index (χ0v) is 14.8. The van der Waals surface area contributed by atoms with Crippen molar-refractivity contribution in [2.24, 2.45) is 0 Å². The lowest BCUT2D eigenvalue weighted by Crippen LogP contribution is -2.15. The molecule has 1 atom stereocenters. The van der Waals surface area contributed by atoms with Crippen LogP contribution in [0.3, 0.4) is 0 Å². The minimum absolute atomic E-state index is 0.138. The highest BCUT2D eigenvalue weighted by atomic mass is 35.5. The van der Waals surface area contributed by atoms with E-state index in [2.05, 4.69) is 5.32 Å². The van der Waals surface area contributed by atoms with Crippen LogP contribution in [0.4, 0.5) is 11.4 Å². The number of anilines is 1. The summed E-state index contributed by atoms with van der Waals surface area (Å²) in [6, 6.07) is 19.1. The Balaban J connectivity index is 1.92. The first-order valence-corrected chi connectivity index (χ1v) is 8.42. The molecule has 3 rings (SSSR count). The van der Waals surface area contributed by atoms with Gasteiger partial charge in [0.05, 0.1) is 4.92 Å². The summed E-state index contributed by atoms with van der Waals surface area (Å²) >= 11 is 6.06. The lowest BCUT2D eigenvalue weighted by Gasteiger charge is -2.17. The summed E-state index contributed by atoms with van der Waals surface area (Å²) in [4.78, 5) is 22.9. The van der Waals surface area contributed by atoms with Gasteiger partial charge in [-0.1, -0.05) is 48.0 Å². The maximum absolute atomic E-state index is 12.5. The van der Waals surface area contributed by atoms with Crippen molar-refractivity contribution < 1.29 is 14.8 Å². The number of nitro groups is 1. The van der Waals surface area contributed by atoms with Crippen LogP contribution >= 0.6 is 11.6 Å². The van der Waals surface area contributed by atoms with E-state index < -0.39 is 16.9 Å². The molecule has 0 spiro atoms. The molecular weight excluding hydrogens is 368 g/mol. The van der Waals surface area contributed by atoms with Crippen LogP contribution in [0.25, 0.3) is 0 Å². The van der Waals surface area contributed by atoms with Gasteiger partial charge in [-0.15, -0.1) is 0 Å². The van der Waals surface area contributed by atoms with Crippen molar-refractivity contribution in [3.8, 4) is 0 Å². The molecule has 0 saturated carbocycles. The van der Waals surface area contributed by atoms with E-state index in [1.54, 1.807) is 42.5 Å². The molecule has 0 aliphatic rings. The van der Waals surface area contributed by atoms with Gasteiger partial charge >= 0.3 is 0 Å². The summed E-state index contributed by atoms with van der Waals surface area (Å²) in [6.07, 6.45) is -0.995. The molecule has 3 aromatic carbocycles. The molecule has 136 valence electrons. The van der Waals surface area contributed by atoms with Gasteiger partial charge in [-0.05, 0) is 29.8 Å². The van der Waals surface area contributed by atoms with E-state index in [1.165, 1.54) is 24.3 Å². The first kappa shape index (κ1) is 18.6. The van der Waals surface area contributed by atoms with E-state index >= 15 is 0 Å². The molecule has 0 aromatic heterocycles. The molecule has 0 saturated heterocycles. The number of nitrogens with one attached hydrogen (secondary N) is 1. The van der Waals surface area contributed by atoms with Crippen molar-refractivity contribution in [2.45, 2.75) is 6.10 Å². The molecule has 27 heavy (non-hydrogen) atoms. The lowest BCUT2D eigenvalue weighted by atomic mass is 9.99. The molecule has 6 nitrogen and oxygen atoms in total. The van der Waals surface area contributed by atoms with Crippen molar-refractivity contribution in [1.82, 2.24) is 0 Å². The molecule has 0 radical (unpaired) electrons. The summed E-state index contributed by atoms with van der Waals surface area (Å²) in [5.41, 5.74) is 1.40. The summed E-state index contributed by atoms with van der Waals surface area (Å²) < 4.78 is 0. The third kappa shape index (κ3) is 4.31. The number of carbonyl (C=O) groups excluding carboxylic acids is 1. The molecule has 0 aliphatic carbocycles. The largest absolute Gasteiger partial charge is 0.384 e. The number of hydrogen-bond donors (Lipinski definition) is 2. The van der Waals surface area contributed by atoms with Crippen molar-refractivity contribution in [3.63, 3.8) is 0 Å². The van der Waals surface area contributed by atoms with Gasteiger partial charge in [0.2, 0.25) is 0 Å². The van der Waals surface area contributed by atoms with E-state index in [4.69, 9.17) is 11.6 Å². The third-order valence-corrected chi connectivity index (χ3v) is 4.23. The Hall–Kier alpha value is -3.22. The second kappa shape index (κ2) is 7.99. The van der Waals surface area contributed by atoms with E-state index in [9.17, 15) is 20.0 Å². The molecule has 1 amide bonds. The fourth-order valence-corrected chi connectivity index (χ4v) is 2.82. The molecule has 0 unspecified atom stereocenters. The van der Waals surface area contributed by atoms with Crippen LogP contribution in [0.15, 0.2) is 72.8 Å². The molecule has 2 N–H and O–H groups in total. The zero-order chi connectivity index (χ0) is 19.4. The number of carbonyl (C=O) groups is 1. The molecule has 0 bridgehead atoms. The van der Waals surface area contributed by atoms with Gasteiger partial charge in [-0.2, -0.15) is 0 Å². The second-order valence-corrected chi connectivity index (χ2v) is 6.24. The zero-order valence-electron chi connectivity index (χ0n) is 14.0. The van der Waals surface area contributed by atoms with Crippen molar-refractivity contribution in [2.75, 3.05) is 5.32 Å². The van der Waals surface area contributed by atoms with E-state index in [0.29, 0.717) is 21.8 Å². The van der Waals surface area contributed by atoms with Crippen LogP contribution in [0.5, 0.6) is 0 Å². The smallest absolute Gasteiger partial charge is 0.270 e. The Morgan fingerprint density at radius 3 is 2.48 bits per heavy atom. The van der Waals surface area contributed by atoms with Crippen molar-refractivity contribution >= 4 is 28.9 Å². The van der Waals surface area contributed by atoms with Gasteiger partial charge in [-0.25, -0.2) is 0 Å². The number of aliphatic hydroxyl groups is 1. The minimum atomic E-state index is -0.995. The van der Waals surface area contributed by atoms with Crippen molar-refractivity contribution in [1.29, 1.82) is 0 Å². The fraction of sp³-hybridized carbons (Fsp3) is 0.0500. The second-order valence-electron chi connectivity index (χ2n) is 5.81. The van der Waals surface area contributed by atoms with Crippen LogP contribution in [0, 0.1) is 10.1 Å². The van der Waals surface area contributed by atoms with Crippen LogP contribution in [-0.2, 0) is 0 Å². The highest BCUT2D eigenvalue weighted by Crippen LogP contribution is 2.31. The maximum atomic E-state index is 12.5. The lowest BCUT2D eigenvalue weighted by molar-refractivity contribution is -0.384. The third-order valence-electron chi connectivity index (χ3n) is 3.99. The van der Waals surface area contributed by atoms with Gasteiger partial charge in [0.15, 0.2) is 0 Å². The number of halogens is 1. The van der Waals surface area contributed by atoms with Crippen LogP contribution in [0.2, 0.25) is 5.02 Å². The Kier molecular flexibility index (Phi) is 5.49. The van der Waals surface area contributed by atoms with Crippen LogP contribution in [-0.4, -0.2) is 15.9 Å². The number of nitrogens with zero attached hydrogens (tertiary/aromatic N) is 1. The summed E-state index contributed by atoms with van der Waals surface area (Å²) in [7, 11) is 0. The number of aliphatic hydroxyl groups excluding tert-OH is 1. The number of non-ortho nitro benzene ring substituents is 1. The number of amides is 1. The Morgan fingerprint density at radius 1 is 1.04 bits per heavy atom. The Bertz CT molecular complexity index is 992. The van der Waals surface area contributed by atoms with Gasteiger partial charge in [0.25, 0.3) is 11.6 Å². The van der Waals surface area contributed by atoms with E-state index in [1.807, 2.05) is 6.07 Å². The van der Waals surface area contributed by atoms with E-state index in [-0.39, 0.29) is 11.3 Å². The van der Waals surface area contributed by atoms with Gasteiger partial charge < -0.3 is 10.4 Å². The minimum Gasteiger partial charge on any atom is -0.384 e. The SMILES string of the molecule is O=C(Nc1ccc(Cl)cc1[C@H](O)c1ccccc1)c1cccc([N+](=O)[O-])c1. The predicted octanol–water partition coefficient (Wildman–Crippen LogP) is 4.58. The summed E-state index contributed by atoms with van der Waals surface area (Å²) in [6.45, 7) is 0.